The summed E-state index contributed by atoms with van der Waals surface area (Å²) in [6.07, 6.45) is 1.76. The molecule has 2 rings (SSSR count). The van der Waals surface area contributed by atoms with Crippen molar-refractivity contribution in [2.45, 2.75) is 5.92 Å². The van der Waals surface area contributed by atoms with Gasteiger partial charge in [-0.25, -0.2) is 0 Å². The van der Waals surface area contributed by atoms with E-state index in [0.717, 1.165) is 0 Å². The predicted octanol–water partition coefficient (Wildman–Crippen LogP) is 1.21. The third-order valence-electron chi connectivity index (χ3n) is 2.02. The molecule has 1 aromatic heterocycles. The number of carbonyl (C=O) groups is 2. The van der Waals surface area contributed by atoms with Crippen LogP contribution in [0.5, 0.6) is 0 Å². The number of thiophene rings is 1. The molecule has 0 radical (unpaired) electrons. The maximum atomic E-state index is 11.7. The van der Waals surface area contributed by atoms with Crippen LogP contribution in [0.2, 0.25) is 0 Å². The molecule has 2 heterocycles. The molecule has 1 aliphatic heterocycles. The van der Waals surface area contributed by atoms with Gasteiger partial charge in [0.1, 0.15) is 5.92 Å². The predicted molar refractivity (Wildman–Crippen MR) is 61.2 cm³/mol. The van der Waals surface area contributed by atoms with Gasteiger partial charge in [0.05, 0.1) is 0 Å². The largest absolute Gasteiger partial charge is 0.304 e. The lowest BCUT2D eigenvalue weighted by Crippen LogP contribution is -2.41. The van der Waals surface area contributed by atoms with Crippen LogP contribution in [-0.2, 0) is 9.59 Å². The summed E-state index contributed by atoms with van der Waals surface area (Å²) in [5.41, 5.74) is 0.714. The summed E-state index contributed by atoms with van der Waals surface area (Å²) in [6, 6.07) is 1.77. The van der Waals surface area contributed by atoms with Gasteiger partial charge in [0, 0.05) is 0 Å². The zero-order valence-electron chi connectivity index (χ0n) is 7.89. The molecule has 0 spiro atoms. The minimum atomic E-state index is -0.771. The topological polar surface area (TPSA) is 58.5 Å². The van der Waals surface area contributed by atoms with Gasteiger partial charge in [-0.3, -0.25) is 9.59 Å². The normalized spacial score (nSPS) is 21.1. The van der Waals surface area contributed by atoms with Crippen molar-refractivity contribution < 1.29 is 9.59 Å². The highest BCUT2D eigenvalue weighted by atomic mass is 32.2. The average Bonchev–Trinajstić information content (AvgIpc) is 2.69. The lowest BCUT2D eigenvalue weighted by atomic mass is 10.00. The second-order valence-corrected chi connectivity index (χ2v) is 4.51. The van der Waals surface area contributed by atoms with E-state index in [1.54, 1.807) is 17.7 Å². The van der Waals surface area contributed by atoms with E-state index in [-0.39, 0.29) is 11.8 Å². The summed E-state index contributed by atoms with van der Waals surface area (Å²) in [5, 5.41) is 6.59. The molecule has 0 aromatic carbocycles. The number of hydrogen-bond acceptors (Lipinski definition) is 4. The van der Waals surface area contributed by atoms with Crippen LogP contribution in [0.1, 0.15) is 11.5 Å². The quantitative estimate of drug-likeness (QED) is 0.751. The summed E-state index contributed by atoms with van der Waals surface area (Å²) >= 11 is 2.71. The van der Waals surface area contributed by atoms with Crippen molar-refractivity contribution in [3.05, 3.63) is 22.4 Å². The molecule has 0 bridgehead atoms. The highest BCUT2D eigenvalue weighted by Crippen LogP contribution is 2.23. The first-order valence-corrected chi connectivity index (χ1v) is 6.38. The van der Waals surface area contributed by atoms with Gasteiger partial charge in [-0.05, 0) is 28.6 Å². The van der Waals surface area contributed by atoms with Gasteiger partial charge in [0.25, 0.3) is 5.91 Å². The molecule has 1 unspecified atom stereocenters. The van der Waals surface area contributed by atoms with Gasteiger partial charge < -0.3 is 5.32 Å². The number of amidine groups is 1. The second-order valence-electron chi connectivity index (χ2n) is 2.94. The van der Waals surface area contributed by atoms with Crippen LogP contribution in [0.15, 0.2) is 21.8 Å². The maximum absolute atomic E-state index is 11.7. The molecule has 0 aliphatic carbocycles. The van der Waals surface area contributed by atoms with Crippen molar-refractivity contribution in [2.24, 2.45) is 4.99 Å². The summed E-state index contributed by atoms with van der Waals surface area (Å²) in [6.45, 7) is 0. The number of hydrogen-bond donors (Lipinski definition) is 1. The second kappa shape index (κ2) is 4.16. The molecular formula is C9H8N2O2S2. The molecule has 78 valence electrons. The van der Waals surface area contributed by atoms with E-state index in [1.165, 1.54) is 23.1 Å². The molecule has 4 nitrogen and oxygen atoms in total. The van der Waals surface area contributed by atoms with Gasteiger partial charge in [-0.1, -0.05) is 11.8 Å². The third kappa shape index (κ3) is 1.95. The molecule has 0 fully saturated rings. The van der Waals surface area contributed by atoms with Crippen LogP contribution in [0.4, 0.5) is 0 Å². The Morgan fingerprint density at radius 3 is 2.87 bits per heavy atom. The molecule has 1 atom stereocenters. The summed E-state index contributed by atoms with van der Waals surface area (Å²) in [5.74, 6) is -1.45. The van der Waals surface area contributed by atoms with Gasteiger partial charge in [0.2, 0.25) is 5.91 Å². The molecule has 0 saturated carbocycles. The Morgan fingerprint density at radius 1 is 1.53 bits per heavy atom. The molecule has 6 heteroatoms. The number of rotatable bonds is 1. The van der Waals surface area contributed by atoms with Crippen LogP contribution >= 0.6 is 23.1 Å². The fraction of sp³-hybridized carbons (Fsp3) is 0.222. The van der Waals surface area contributed by atoms with Gasteiger partial charge in [-0.2, -0.15) is 16.3 Å². The zero-order valence-corrected chi connectivity index (χ0v) is 9.52. The monoisotopic (exact) mass is 240 g/mol. The van der Waals surface area contributed by atoms with Crippen molar-refractivity contribution in [3.63, 3.8) is 0 Å². The first kappa shape index (κ1) is 10.4. The number of aliphatic imine (C=N–C) groups is 1. The highest BCUT2D eigenvalue weighted by Gasteiger charge is 2.33. The van der Waals surface area contributed by atoms with Crippen LogP contribution in [0.25, 0.3) is 0 Å². The van der Waals surface area contributed by atoms with Crippen molar-refractivity contribution >= 4 is 40.1 Å². The van der Waals surface area contributed by atoms with E-state index in [1.807, 2.05) is 5.38 Å². The summed E-state index contributed by atoms with van der Waals surface area (Å²) in [7, 11) is 0. The Kier molecular flexibility index (Phi) is 2.88. The van der Waals surface area contributed by atoms with Gasteiger partial charge in [-0.15, -0.1) is 0 Å². The van der Waals surface area contributed by atoms with E-state index in [0.29, 0.717) is 10.7 Å². The molecule has 1 aliphatic rings. The van der Waals surface area contributed by atoms with Crippen molar-refractivity contribution in [3.8, 4) is 0 Å². The minimum absolute atomic E-state index is 0.294. The van der Waals surface area contributed by atoms with Crippen molar-refractivity contribution in [1.29, 1.82) is 0 Å². The van der Waals surface area contributed by atoms with E-state index >= 15 is 0 Å². The van der Waals surface area contributed by atoms with Crippen LogP contribution < -0.4 is 5.32 Å². The Labute approximate surface area is 94.8 Å². The van der Waals surface area contributed by atoms with Crippen molar-refractivity contribution in [2.75, 3.05) is 6.26 Å². The first-order valence-electron chi connectivity index (χ1n) is 4.22. The van der Waals surface area contributed by atoms with Crippen LogP contribution in [0.3, 0.4) is 0 Å². The lowest BCUT2D eigenvalue weighted by molar-refractivity contribution is -0.129. The fourth-order valence-corrected chi connectivity index (χ4v) is 2.38. The van der Waals surface area contributed by atoms with Crippen molar-refractivity contribution in [1.82, 2.24) is 5.32 Å². The van der Waals surface area contributed by atoms with E-state index in [9.17, 15) is 9.59 Å². The van der Waals surface area contributed by atoms with Crippen LogP contribution in [0, 0.1) is 0 Å². The molecule has 1 aromatic rings. The minimum Gasteiger partial charge on any atom is -0.304 e. The number of thioether (sulfide) groups is 1. The number of nitrogens with one attached hydrogen (secondary N) is 1. The average molecular weight is 240 g/mol. The van der Waals surface area contributed by atoms with Crippen LogP contribution in [-0.4, -0.2) is 23.2 Å². The Bertz CT molecular complexity index is 425. The summed E-state index contributed by atoms with van der Waals surface area (Å²) in [4.78, 5) is 27.1. The maximum Gasteiger partial charge on any atom is 0.265 e. The molecule has 15 heavy (non-hydrogen) atoms. The number of carbonyl (C=O) groups excluding carboxylic acids is 2. The smallest absolute Gasteiger partial charge is 0.265 e. The van der Waals surface area contributed by atoms with Gasteiger partial charge in [0.15, 0.2) is 5.17 Å². The standard InChI is InChI=1S/C9H8N2O2S2/c1-14-9-10-7(12)6(8(13)11-9)5-2-3-15-4-5/h2-4,6H,1H3,(H,10,11,12,13). The molecule has 0 saturated heterocycles. The van der Waals surface area contributed by atoms with Gasteiger partial charge >= 0.3 is 0 Å². The number of nitrogens with zero attached hydrogens (tertiary/aromatic N) is 1. The molecular weight excluding hydrogens is 232 g/mol. The Morgan fingerprint density at radius 2 is 2.33 bits per heavy atom. The fourth-order valence-electron chi connectivity index (χ4n) is 1.31. The Hall–Kier alpha value is -1.14. The van der Waals surface area contributed by atoms with E-state index in [2.05, 4.69) is 10.3 Å². The third-order valence-corrected chi connectivity index (χ3v) is 3.30. The Balaban J connectivity index is 2.32. The molecule has 2 amide bonds. The first-order chi connectivity index (χ1) is 7.22. The number of amides is 2. The lowest BCUT2D eigenvalue weighted by Gasteiger charge is -2.17. The summed E-state index contributed by atoms with van der Waals surface area (Å²) < 4.78 is 0. The highest BCUT2D eigenvalue weighted by molar-refractivity contribution is 8.13. The van der Waals surface area contributed by atoms with E-state index < -0.39 is 5.92 Å². The van der Waals surface area contributed by atoms with E-state index in [4.69, 9.17) is 0 Å². The molecule has 1 N–H and O–H groups in total. The zero-order chi connectivity index (χ0) is 10.8. The SMILES string of the molecule is CSC1=NC(=O)C(c2ccsc2)C(=O)N1.